The largest absolute Gasteiger partial charge is 0.484 e. The second-order valence-corrected chi connectivity index (χ2v) is 7.15. The highest BCUT2D eigenvalue weighted by Crippen LogP contribution is 2.39. The van der Waals surface area contributed by atoms with Gasteiger partial charge in [-0.2, -0.15) is 5.26 Å². The molecule has 2 aromatic rings. The molecule has 134 valence electrons. The fourth-order valence-corrected chi connectivity index (χ4v) is 4.16. The smallest absolute Gasteiger partial charge is 0.144 e. The zero-order valence-corrected chi connectivity index (χ0v) is 14.6. The molecule has 0 radical (unpaired) electrons. The van der Waals surface area contributed by atoms with Crippen LogP contribution in [-0.2, 0) is 6.42 Å². The number of likely N-dealkylation sites (tertiary alicyclic amines) is 1. The maximum atomic E-state index is 14.0. The molecule has 0 spiro atoms. The highest BCUT2D eigenvalue weighted by atomic mass is 19.1. The summed E-state index contributed by atoms with van der Waals surface area (Å²) in [4.78, 5) is 2.46. The summed E-state index contributed by atoms with van der Waals surface area (Å²) in [6.45, 7) is 2.71. The molecule has 2 N–H and O–H groups in total. The lowest BCUT2D eigenvalue weighted by atomic mass is 10.1. The first-order valence-corrected chi connectivity index (χ1v) is 9.08. The average molecular weight is 351 g/mol. The molecule has 0 amide bonds. The normalized spacial score (nSPS) is 25.0. The summed E-state index contributed by atoms with van der Waals surface area (Å²) in [5.41, 5.74) is 8.34. The number of nitrogens with zero attached hydrogens (tertiary/aromatic N) is 2. The van der Waals surface area contributed by atoms with Gasteiger partial charge in [0.05, 0.1) is 11.6 Å². The molecule has 1 heterocycles. The van der Waals surface area contributed by atoms with Crippen LogP contribution >= 0.6 is 0 Å². The van der Waals surface area contributed by atoms with Crippen LogP contribution in [0.4, 0.5) is 4.39 Å². The third kappa shape index (κ3) is 3.07. The Hall–Kier alpha value is -2.42. The van der Waals surface area contributed by atoms with Crippen LogP contribution < -0.4 is 10.5 Å². The predicted octanol–water partition coefficient (Wildman–Crippen LogP) is 3.02. The Morgan fingerprint density at radius 2 is 2.12 bits per heavy atom. The first kappa shape index (κ1) is 17.0. The number of hydrogen-bond acceptors (Lipinski definition) is 4. The summed E-state index contributed by atoms with van der Waals surface area (Å²) in [5, 5.41) is 8.91. The highest BCUT2D eigenvalue weighted by Gasteiger charge is 2.40. The van der Waals surface area contributed by atoms with Gasteiger partial charge in [0.1, 0.15) is 23.7 Å². The lowest BCUT2D eigenvalue weighted by Gasteiger charge is -2.30. The van der Waals surface area contributed by atoms with E-state index in [9.17, 15) is 4.39 Å². The van der Waals surface area contributed by atoms with E-state index in [-0.39, 0.29) is 17.7 Å². The summed E-state index contributed by atoms with van der Waals surface area (Å²) in [6.07, 6.45) is 1.90. The van der Waals surface area contributed by atoms with Crippen LogP contribution in [0.5, 0.6) is 5.75 Å². The van der Waals surface area contributed by atoms with Gasteiger partial charge in [0.25, 0.3) is 0 Å². The Labute approximate surface area is 153 Å². The van der Waals surface area contributed by atoms with Crippen molar-refractivity contribution in [3.8, 4) is 11.8 Å². The molecular formula is C21H22FN3O. The predicted molar refractivity (Wildman–Crippen MR) is 97.2 cm³/mol. The minimum atomic E-state index is -0.544. The molecule has 0 unspecified atom stereocenters. The van der Waals surface area contributed by atoms with E-state index < -0.39 is 5.82 Å². The number of nitriles is 1. The van der Waals surface area contributed by atoms with Crippen molar-refractivity contribution in [3.05, 3.63) is 65.0 Å². The van der Waals surface area contributed by atoms with Gasteiger partial charge in [-0.3, -0.25) is 4.90 Å². The molecule has 1 fully saturated rings. The lowest BCUT2D eigenvalue weighted by molar-refractivity contribution is 0.0914. The number of nitrogens with two attached hydrogens (primary N) is 1. The molecule has 1 saturated heterocycles. The van der Waals surface area contributed by atoms with E-state index in [1.54, 1.807) is 6.07 Å². The number of halogens is 1. The summed E-state index contributed by atoms with van der Waals surface area (Å²) in [6, 6.07) is 14.8. The third-order valence-electron chi connectivity index (χ3n) is 5.58. The van der Waals surface area contributed by atoms with E-state index in [1.165, 1.54) is 23.3 Å². The van der Waals surface area contributed by atoms with Gasteiger partial charge < -0.3 is 10.5 Å². The lowest BCUT2D eigenvalue weighted by Crippen LogP contribution is -2.39. The van der Waals surface area contributed by atoms with Gasteiger partial charge in [-0.05, 0) is 55.1 Å². The molecule has 1 aliphatic carbocycles. The number of ether oxygens (including phenoxy) is 1. The molecule has 2 aliphatic rings. The summed E-state index contributed by atoms with van der Waals surface area (Å²) in [7, 11) is 0. The first-order chi connectivity index (χ1) is 12.7. The van der Waals surface area contributed by atoms with E-state index in [4.69, 9.17) is 15.7 Å². The number of benzene rings is 2. The van der Waals surface area contributed by atoms with Crippen molar-refractivity contribution in [2.75, 3.05) is 19.6 Å². The zero-order valence-electron chi connectivity index (χ0n) is 14.6. The summed E-state index contributed by atoms with van der Waals surface area (Å²) in [5.74, 6) is 0.451. The van der Waals surface area contributed by atoms with E-state index in [0.29, 0.717) is 18.2 Å². The fraction of sp³-hybridized carbons (Fsp3) is 0.381. The monoisotopic (exact) mass is 351 g/mol. The zero-order chi connectivity index (χ0) is 18.1. The molecule has 3 atom stereocenters. The molecular weight excluding hydrogens is 329 g/mol. The maximum Gasteiger partial charge on any atom is 0.144 e. The van der Waals surface area contributed by atoms with Gasteiger partial charge in [-0.25, -0.2) is 4.39 Å². The molecule has 26 heavy (non-hydrogen) atoms. The Bertz CT molecular complexity index is 847. The minimum Gasteiger partial charge on any atom is -0.484 e. The van der Waals surface area contributed by atoms with Crippen LogP contribution in [0.1, 0.15) is 29.2 Å². The Kier molecular flexibility index (Phi) is 4.62. The number of hydrogen-bond donors (Lipinski definition) is 1. The van der Waals surface area contributed by atoms with Crippen molar-refractivity contribution in [2.45, 2.75) is 25.0 Å². The highest BCUT2D eigenvalue weighted by molar-refractivity contribution is 5.40. The summed E-state index contributed by atoms with van der Waals surface area (Å²) < 4.78 is 20.2. The van der Waals surface area contributed by atoms with Gasteiger partial charge in [0.2, 0.25) is 0 Å². The van der Waals surface area contributed by atoms with Gasteiger partial charge in [0.15, 0.2) is 0 Å². The molecule has 0 bridgehead atoms. The third-order valence-corrected chi connectivity index (χ3v) is 5.58. The van der Waals surface area contributed by atoms with E-state index in [1.807, 2.05) is 18.2 Å². The molecule has 5 heteroatoms. The molecule has 0 saturated carbocycles. The van der Waals surface area contributed by atoms with Crippen LogP contribution in [0.25, 0.3) is 0 Å². The van der Waals surface area contributed by atoms with Gasteiger partial charge in [-0.1, -0.05) is 24.3 Å². The van der Waals surface area contributed by atoms with Crippen LogP contribution in [0.15, 0.2) is 42.5 Å². The second-order valence-electron chi connectivity index (χ2n) is 7.15. The van der Waals surface area contributed by atoms with E-state index in [0.717, 1.165) is 25.9 Å². The summed E-state index contributed by atoms with van der Waals surface area (Å²) >= 11 is 0. The number of fused-ring (bicyclic) bond motifs is 1. The van der Waals surface area contributed by atoms with Gasteiger partial charge in [0, 0.05) is 12.6 Å². The van der Waals surface area contributed by atoms with Crippen LogP contribution in [0.2, 0.25) is 0 Å². The van der Waals surface area contributed by atoms with Crippen molar-refractivity contribution < 1.29 is 9.13 Å². The topological polar surface area (TPSA) is 62.3 Å². The fourth-order valence-electron chi connectivity index (χ4n) is 4.16. The first-order valence-electron chi connectivity index (χ1n) is 9.08. The van der Waals surface area contributed by atoms with Crippen LogP contribution in [0.3, 0.4) is 0 Å². The number of rotatable bonds is 4. The molecule has 4 nitrogen and oxygen atoms in total. The van der Waals surface area contributed by atoms with Crippen LogP contribution in [-0.4, -0.2) is 30.6 Å². The standard InChI is InChI=1S/C21H22FN3O/c22-19-10-17(6-5-16(19)12-24)26-21-18-4-2-1-3-15(18)9-20(21)25-8-7-14(11-23)13-25/h1-6,10,14,20-21H,7-9,11,13,23H2/t14-,20-,21-/m1/s1. The van der Waals surface area contributed by atoms with Crippen molar-refractivity contribution >= 4 is 0 Å². The Morgan fingerprint density at radius 3 is 2.85 bits per heavy atom. The molecule has 2 aromatic carbocycles. The molecule has 4 rings (SSSR count). The van der Waals surface area contributed by atoms with E-state index >= 15 is 0 Å². The Balaban J connectivity index is 1.62. The quantitative estimate of drug-likeness (QED) is 0.920. The second kappa shape index (κ2) is 7.06. The average Bonchev–Trinajstić information content (AvgIpc) is 3.27. The van der Waals surface area contributed by atoms with Crippen molar-refractivity contribution in [2.24, 2.45) is 11.7 Å². The minimum absolute atomic E-state index is 0.0334. The van der Waals surface area contributed by atoms with Crippen LogP contribution in [0, 0.1) is 23.1 Å². The van der Waals surface area contributed by atoms with Gasteiger partial charge >= 0.3 is 0 Å². The van der Waals surface area contributed by atoms with Gasteiger partial charge in [-0.15, -0.1) is 0 Å². The maximum absolute atomic E-state index is 14.0. The molecule has 1 aliphatic heterocycles. The SMILES string of the molecule is N#Cc1ccc(O[C@@H]2c3ccccc3C[C@H]2N2CC[C@H](CN)C2)cc1F. The van der Waals surface area contributed by atoms with Crippen molar-refractivity contribution in [3.63, 3.8) is 0 Å². The van der Waals surface area contributed by atoms with Crippen molar-refractivity contribution in [1.29, 1.82) is 5.26 Å². The van der Waals surface area contributed by atoms with Crippen molar-refractivity contribution in [1.82, 2.24) is 4.90 Å². The molecule has 0 aromatic heterocycles. The van der Waals surface area contributed by atoms with E-state index in [2.05, 4.69) is 17.0 Å². The Morgan fingerprint density at radius 1 is 1.27 bits per heavy atom.